The Kier molecular flexibility index (Phi) is 3.40. The van der Waals surface area contributed by atoms with Crippen LogP contribution < -0.4 is 0 Å². The Labute approximate surface area is 77.8 Å². The Morgan fingerprint density at radius 2 is 1.75 bits per heavy atom. The molecule has 1 rings (SSSR count). The summed E-state index contributed by atoms with van der Waals surface area (Å²) in [4.78, 5) is 0. The summed E-state index contributed by atoms with van der Waals surface area (Å²) in [6.45, 7) is 6.94. The van der Waals surface area contributed by atoms with Gasteiger partial charge in [0.2, 0.25) is 0 Å². The zero-order valence-electron chi connectivity index (χ0n) is 8.61. The second kappa shape index (κ2) is 4.14. The molecule has 0 nitrogen and oxygen atoms in total. The molecule has 68 valence electrons. The summed E-state index contributed by atoms with van der Waals surface area (Å²) in [7, 11) is -1.09. The molecule has 0 unspecified atom stereocenters. The maximum absolute atomic E-state index is 3.44. The summed E-state index contributed by atoms with van der Waals surface area (Å²) in [5, 5.41) is 0. The maximum Gasteiger partial charge on any atom is 0.129 e. The summed E-state index contributed by atoms with van der Waals surface area (Å²) in [5.41, 5.74) is 3.44. The van der Waals surface area contributed by atoms with E-state index in [0.29, 0.717) is 0 Å². The largest absolute Gasteiger partial charge is 0.132 e. The Morgan fingerprint density at radius 1 is 1.17 bits per heavy atom. The molecular formula is C11H20Si. The van der Waals surface area contributed by atoms with Gasteiger partial charge in [0, 0.05) is 6.42 Å². The van der Waals surface area contributed by atoms with E-state index in [9.17, 15) is 0 Å². The fourth-order valence-electron chi connectivity index (χ4n) is 1.68. The van der Waals surface area contributed by atoms with Crippen LogP contribution >= 0.6 is 0 Å². The van der Waals surface area contributed by atoms with Crippen LogP contribution in [0.2, 0.25) is 19.6 Å². The predicted molar refractivity (Wildman–Crippen MR) is 57.7 cm³/mol. The number of hydrogen-bond donors (Lipinski definition) is 0. The average Bonchev–Trinajstić information content (AvgIpc) is 2.36. The lowest BCUT2D eigenvalue weighted by molar-refractivity contribution is 0.567. The van der Waals surface area contributed by atoms with Gasteiger partial charge in [-0.1, -0.05) is 32.5 Å². The molecule has 0 aliphatic heterocycles. The third kappa shape index (κ3) is 3.97. The molecule has 1 aliphatic carbocycles. The first-order valence-electron chi connectivity index (χ1n) is 5.08. The second-order valence-corrected chi connectivity index (χ2v) is 9.66. The van der Waals surface area contributed by atoms with Crippen molar-refractivity contribution in [2.45, 2.75) is 51.7 Å². The second-order valence-electron chi connectivity index (χ2n) is 4.91. The number of rotatable bonds is 1. The molecule has 0 atom stereocenters. The van der Waals surface area contributed by atoms with Crippen molar-refractivity contribution in [2.24, 2.45) is 5.92 Å². The van der Waals surface area contributed by atoms with Crippen LogP contribution in [0.3, 0.4) is 0 Å². The van der Waals surface area contributed by atoms with Crippen LogP contribution in [0.1, 0.15) is 32.1 Å². The minimum absolute atomic E-state index is 0.939. The zero-order chi connectivity index (χ0) is 9.03. The smallest absolute Gasteiger partial charge is 0.129 e. The van der Waals surface area contributed by atoms with E-state index in [1.165, 1.54) is 32.1 Å². The van der Waals surface area contributed by atoms with Gasteiger partial charge in [-0.15, -0.1) is 11.5 Å². The molecule has 0 bridgehead atoms. The lowest BCUT2D eigenvalue weighted by Crippen LogP contribution is -2.16. The molecule has 0 heterocycles. The van der Waals surface area contributed by atoms with E-state index in [4.69, 9.17) is 0 Å². The van der Waals surface area contributed by atoms with Crippen molar-refractivity contribution >= 4 is 8.07 Å². The first-order valence-corrected chi connectivity index (χ1v) is 8.58. The van der Waals surface area contributed by atoms with E-state index in [1.807, 2.05) is 0 Å². The molecule has 1 aliphatic rings. The topological polar surface area (TPSA) is 0 Å². The highest BCUT2D eigenvalue weighted by Crippen LogP contribution is 2.26. The highest BCUT2D eigenvalue weighted by molar-refractivity contribution is 6.83. The lowest BCUT2D eigenvalue weighted by Gasteiger charge is -2.05. The van der Waals surface area contributed by atoms with Crippen molar-refractivity contribution in [1.82, 2.24) is 0 Å². The molecular weight excluding hydrogens is 160 g/mol. The van der Waals surface area contributed by atoms with Gasteiger partial charge in [0.05, 0.1) is 0 Å². The van der Waals surface area contributed by atoms with Crippen LogP contribution in [0.25, 0.3) is 0 Å². The summed E-state index contributed by atoms with van der Waals surface area (Å²) in [5.74, 6) is 4.32. The van der Waals surface area contributed by atoms with Crippen LogP contribution in [0.15, 0.2) is 0 Å². The van der Waals surface area contributed by atoms with Crippen LogP contribution in [-0.4, -0.2) is 8.07 Å². The quantitative estimate of drug-likeness (QED) is 0.428. The SMILES string of the molecule is C[Si](C)(C)C#CCC1CCCC1. The highest BCUT2D eigenvalue weighted by Gasteiger charge is 2.13. The van der Waals surface area contributed by atoms with E-state index < -0.39 is 8.07 Å². The zero-order valence-corrected chi connectivity index (χ0v) is 9.61. The molecule has 0 saturated heterocycles. The molecule has 0 aromatic carbocycles. The molecule has 1 heteroatoms. The third-order valence-corrected chi connectivity index (χ3v) is 3.26. The maximum atomic E-state index is 3.44. The fraction of sp³-hybridized carbons (Fsp3) is 0.818. The van der Waals surface area contributed by atoms with Gasteiger partial charge in [-0.05, 0) is 18.8 Å². The molecule has 0 aromatic heterocycles. The van der Waals surface area contributed by atoms with Gasteiger partial charge < -0.3 is 0 Å². The Bertz CT molecular complexity index is 183. The Balaban J connectivity index is 2.26. The summed E-state index contributed by atoms with van der Waals surface area (Å²) in [6.07, 6.45) is 6.92. The molecule has 0 aromatic rings. The normalized spacial score (nSPS) is 18.9. The first kappa shape index (κ1) is 9.86. The minimum Gasteiger partial charge on any atom is -0.132 e. The standard InChI is InChI=1S/C11H20Si/c1-12(2,3)10-6-9-11-7-4-5-8-11/h11H,4-5,7-9H2,1-3H3. The van der Waals surface area contributed by atoms with Crippen molar-refractivity contribution in [3.63, 3.8) is 0 Å². The Morgan fingerprint density at radius 3 is 2.25 bits per heavy atom. The van der Waals surface area contributed by atoms with Gasteiger partial charge >= 0.3 is 0 Å². The number of hydrogen-bond acceptors (Lipinski definition) is 0. The van der Waals surface area contributed by atoms with Crippen molar-refractivity contribution < 1.29 is 0 Å². The van der Waals surface area contributed by atoms with E-state index >= 15 is 0 Å². The van der Waals surface area contributed by atoms with Gasteiger partial charge in [0.15, 0.2) is 0 Å². The van der Waals surface area contributed by atoms with Crippen LogP contribution in [0, 0.1) is 17.4 Å². The lowest BCUT2D eigenvalue weighted by atomic mass is 10.1. The molecule has 1 saturated carbocycles. The van der Waals surface area contributed by atoms with Gasteiger partial charge in [-0.2, -0.15) is 0 Å². The molecule has 12 heavy (non-hydrogen) atoms. The fourth-order valence-corrected chi connectivity index (χ4v) is 2.31. The van der Waals surface area contributed by atoms with Crippen molar-refractivity contribution in [1.29, 1.82) is 0 Å². The third-order valence-electron chi connectivity index (χ3n) is 2.33. The van der Waals surface area contributed by atoms with E-state index in [2.05, 4.69) is 31.1 Å². The van der Waals surface area contributed by atoms with Crippen molar-refractivity contribution in [3.8, 4) is 11.5 Å². The van der Waals surface area contributed by atoms with E-state index in [1.54, 1.807) is 0 Å². The summed E-state index contributed by atoms with van der Waals surface area (Å²) >= 11 is 0. The molecule has 1 fully saturated rings. The average molecular weight is 180 g/mol. The summed E-state index contributed by atoms with van der Waals surface area (Å²) in [6, 6.07) is 0. The Hall–Kier alpha value is -0.223. The van der Waals surface area contributed by atoms with Gasteiger partial charge in [-0.3, -0.25) is 0 Å². The molecule has 0 N–H and O–H groups in total. The molecule has 0 radical (unpaired) electrons. The first-order chi connectivity index (χ1) is 5.58. The minimum atomic E-state index is -1.09. The highest BCUT2D eigenvalue weighted by atomic mass is 28.3. The predicted octanol–water partition coefficient (Wildman–Crippen LogP) is 3.45. The van der Waals surface area contributed by atoms with E-state index in [-0.39, 0.29) is 0 Å². The molecule has 0 spiro atoms. The molecule has 0 amide bonds. The van der Waals surface area contributed by atoms with Crippen LogP contribution in [-0.2, 0) is 0 Å². The summed E-state index contributed by atoms with van der Waals surface area (Å²) < 4.78 is 0. The van der Waals surface area contributed by atoms with Crippen LogP contribution in [0.5, 0.6) is 0 Å². The van der Waals surface area contributed by atoms with Crippen molar-refractivity contribution in [2.75, 3.05) is 0 Å². The van der Waals surface area contributed by atoms with Gasteiger partial charge in [-0.25, -0.2) is 0 Å². The van der Waals surface area contributed by atoms with E-state index in [0.717, 1.165) is 5.92 Å². The van der Waals surface area contributed by atoms with Crippen molar-refractivity contribution in [3.05, 3.63) is 0 Å². The van der Waals surface area contributed by atoms with Gasteiger partial charge in [0.25, 0.3) is 0 Å². The van der Waals surface area contributed by atoms with Crippen LogP contribution in [0.4, 0.5) is 0 Å². The van der Waals surface area contributed by atoms with Gasteiger partial charge in [0.1, 0.15) is 8.07 Å². The monoisotopic (exact) mass is 180 g/mol.